The third-order valence-corrected chi connectivity index (χ3v) is 2.73. The summed E-state index contributed by atoms with van der Waals surface area (Å²) in [5.74, 6) is -0.263. The highest BCUT2D eigenvalue weighted by Crippen LogP contribution is 2.23. The first-order valence-electron chi connectivity index (χ1n) is 5.32. The molecule has 0 atom stereocenters. The van der Waals surface area contributed by atoms with E-state index in [9.17, 15) is 4.39 Å². The van der Waals surface area contributed by atoms with Gasteiger partial charge in [-0.1, -0.05) is 12.1 Å². The van der Waals surface area contributed by atoms with E-state index in [2.05, 4.69) is 15.2 Å². The Labute approximate surface area is 97.3 Å². The zero-order chi connectivity index (χ0) is 11.8. The Balaban J connectivity index is 2.24. The molecular weight excluding hydrogens is 217 g/mol. The van der Waals surface area contributed by atoms with Crippen LogP contribution < -0.4 is 0 Å². The molecule has 3 rings (SSSR count). The Morgan fingerprint density at radius 2 is 1.94 bits per heavy atom. The van der Waals surface area contributed by atoms with Crippen molar-refractivity contribution in [3.05, 3.63) is 47.9 Å². The summed E-state index contributed by atoms with van der Waals surface area (Å²) in [6.07, 6.45) is 0. The number of pyridine rings is 1. The number of aromatic amines is 1. The van der Waals surface area contributed by atoms with Crippen LogP contribution in [0.25, 0.3) is 22.3 Å². The molecule has 1 aromatic carbocycles. The first-order valence-corrected chi connectivity index (χ1v) is 5.32. The molecule has 0 bridgehead atoms. The Bertz CT molecular complexity index is 688. The van der Waals surface area contributed by atoms with Crippen molar-refractivity contribution in [2.45, 2.75) is 6.92 Å². The van der Waals surface area contributed by atoms with Gasteiger partial charge >= 0.3 is 0 Å². The number of nitrogens with one attached hydrogen (secondary N) is 1. The van der Waals surface area contributed by atoms with Gasteiger partial charge in [0.15, 0.2) is 0 Å². The monoisotopic (exact) mass is 227 g/mol. The molecule has 3 aromatic rings. The molecule has 0 radical (unpaired) electrons. The van der Waals surface area contributed by atoms with Gasteiger partial charge in [-0.3, -0.25) is 5.10 Å². The van der Waals surface area contributed by atoms with E-state index in [1.165, 1.54) is 6.07 Å². The molecule has 84 valence electrons. The van der Waals surface area contributed by atoms with Gasteiger partial charge in [0.2, 0.25) is 0 Å². The number of nitrogens with zero attached hydrogens (tertiary/aromatic N) is 2. The van der Waals surface area contributed by atoms with E-state index >= 15 is 0 Å². The predicted octanol–water partition coefficient (Wildman–Crippen LogP) is 3.07. The van der Waals surface area contributed by atoms with Gasteiger partial charge in [0.25, 0.3) is 0 Å². The molecule has 0 aliphatic carbocycles. The number of aryl methyl sites for hydroxylation is 1. The van der Waals surface area contributed by atoms with Crippen LogP contribution in [0.2, 0.25) is 0 Å². The first-order chi connectivity index (χ1) is 8.25. The lowest BCUT2D eigenvalue weighted by atomic mass is 10.1. The van der Waals surface area contributed by atoms with Crippen molar-refractivity contribution in [2.75, 3.05) is 0 Å². The number of hydrogen-bond donors (Lipinski definition) is 1. The highest BCUT2D eigenvalue weighted by Gasteiger charge is 2.08. The number of benzene rings is 1. The lowest BCUT2D eigenvalue weighted by Crippen LogP contribution is -1.88. The summed E-state index contributed by atoms with van der Waals surface area (Å²) in [5.41, 5.74) is 3.60. The maximum atomic E-state index is 13.6. The molecule has 0 saturated heterocycles. The predicted molar refractivity (Wildman–Crippen MR) is 64.0 cm³/mol. The largest absolute Gasteiger partial charge is 0.276 e. The SMILES string of the molecule is Cc1n[nH]c2ccc(-c3ccccc3F)nc12. The maximum Gasteiger partial charge on any atom is 0.132 e. The molecular formula is C13H10FN3. The molecule has 0 aliphatic heterocycles. The molecule has 4 heteroatoms. The lowest BCUT2D eigenvalue weighted by molar-refractivity contribution is 0.631. The van der Waals surface area contributed by atoms with Crippen LogP contribution in [0, 0.1) is 12.7 Å². The maximum absolute atomic E-state index is 13.6. The fourth-order valence-corrected chi connectivity index (χ4v) is 1.84. The van der Waals surface area contributed by atoms with Crippen molar-refractivity contribution in [3.63, 3.8) is 0 Å². The van der Waals surface area contributed by atoms with E-state index in [1.807, 2.05) is 13.0 Å². The molecule has 2 aromatic heterocycles. The number of aromatic nitrogens is 3. The van der Waals surface area contributed by atoms with Crippen LogP contribution in [0.1, 0.15) is 5.69 Å². The lowest BCUT2D eigenvalue weighted by Gasteiger charge is -2.02. The van der Waals surface area contributed by atoms with Crippen molar-refractivity contribution in [1.29, 1.82) is 0 Å². The fourth-order valence-electron chi connectivity index (χ4n) is 1.84. The Kier molecular flexibility index (Phi) is 2.14. The van der Waals surface area contributed by atoms with Crippen molar-refractivity contribution in [3.8, 4) is 11.3 Å². The highest BCUT2D eigenvalue weighted by molar-refractivity contribution is 5.80. The summed E-state index contributed by atoms with van der Waals surface area (Å²) < 4.78 is 13.6. The second-order valence-corrected chi connectivity index (χ2v) is 3.88. The number of fused-ring (bicyclic) bond motifs is 1. The van der Waals surface area contributed by atoms with Gasteiger partial charge in [-0.05, 0) is 31.2 Å². The molecule has 0 aliphatic rings. The van der Waals surface area contributed by atoms with Gasteiger partial charge in [-0.15, -0.1) is 0 Å². The third-order valence-electron chi connectivity index (χ3n) is 2.73. The second-order valence-electron chi connectivity index (χ2n) is 3.88. The molecule has 3 nitrogen and oxygen atoms in total. The van der Waals surface area contributed by atoms with Crippen molar-refractivity contribution < 1.29 is 4.39 Å². The summed E-state index contributed by atoms with van der Waals surface area (Å²) in [6.45, 7) is 1.87. The average molecular weight is 227 g/mol. The standard InChI is InChI=1S/C13H10FN3/c1-8-13-12(17-16-8)7-6-11(15-13)9-4-2-3-5-10(9)14/h2-7H,1H3,(H,16,17). The molecule has 0 unspecified atom stereocenters. The molecule has 0 spiro atoms. The van der Waals surface area contributed by atoms with Crippen LogP contribution in [0.15, 0.2) is 36.4 Å². The van der Waals surface area contributed by atoms with Crippen LogP contribution in [0.4, 0.5) is 4.39 Å². The van der Waals surface area contributed by atoms with Crippen LogP contribution in [-0.4, -0.2) is 15.2 Å². The average Bonchev–Trinajstić information content (AvgIpc) is 2.71. The Morgan fingerprint density at radius 3 is 2.76 bits per heavy atom. The van der Waals surface area contributed by atoms with E-state index in [0.29, 0.717) is 11.3 Å². The topological polar surface area (TPSA) is 41.6 Å². The molecule has 0 amide bonds. The van der Waals surface area contributed by atoms with Crippen LogP contribution in [-0.2, 0) is 0 Å². The van der Waals surface area contributed by atoms with Crippen LogP contribution in [0.3, 0.4) is 0 Å². The molecule has 17 heavy (non-hydrogen) atoms. The third kappa shape index (κ3) is 1.58. The normalized spacial score (nSPS) is 10.9. The van der Waals surface area contributed by atoms with E-state index in [1.54, 1.807) is 24.3 Å². The van der Waals surface area contributed by atoms with Gasteiger partial charge in [-0.25, -0.2) is 9.37 Å². The van der Waals surface area contributed by atoms with E-state index in [4.69, 9.17) is 0 Å². The minimum Gasteiger partial charge on any atom is -0.276 e. The quantitative estimate of drug-likeness (QED) is 0.694. The summed E-state index contributed by atoms with van der Waals surface area (Å²) in [5, 5.41) is 6.95. The Hall–Kier alpha value is -2.23. The van der Waals surface area contributed by atoms with Gasteiger partial charge in [0.1, 0.15) is 11.3 Å². The number of H-pyrrole nitrogens is 1. The van der Waals surface area contributed by atoms with E-state index in [-0.39, 0.29) is 5.82 Å². The minimum absolute atomic E-state index is 0.263. The summed E-state index contributed by atoms with van der Waals surface area (Å²) in [6, 6.07) is 10.3. The molecule has 2 heterocycles. The minimum atomic E-state index is -0.263. The zero-order valence-corrected chi connectivity index (χ0v) is 9.24. The van der Waals surface area contributed by atoms with Gasteiger partial charge in [0.05, 0.1) is 16.9 Å². The molecule has 0 saturated carbocycles. The number of halogens is 1. The first kappa shape index (κ1) is 9.96. The van der Waals surface area contributed by atoms with Crippen LogP contribution >= 0.6 is 0 Å². The van der Waals surface area contributed by atoms with Gasteiger partial charge < -0.3 is 0 Å². The zero-order valence-electron chi connectivity index (χ0n) is 9.24. The highest BCUT2D eigenvalue weighted by atomic mass is 19.1. The van der Waals surface area contributed by atoms with Crippen molar-refractivity contribution in [1.82, 2.24) is 15.2 Å². The van der Waals surface area contributed by atoms with Gasteiger partial charge in [-0.2, -0.15) is 5.10 Å². The fraction of sp³-hybridized carbons (Fsp3) is 0.0769. The smallest absolute Gasteiger partial charge is 0.132 e. The molecule has 0 fully saturated rings. The van der Waals surface area contributed by atoms with E-state index < -0.39 is 0 Å². The van der Waals surface area contributed by atoms with Gasteiger partial charge in [0, 0.05) is 5.56 Å². The van der Waals surface area contributed by atoms with Crippen molar-refractivity contribution >= 4 is 11.0 Å². The summed E-state index contributed by atoms with van der Waals surface area (Å²) in [7, 11) is 0. The molecule has 1 N–H and O–H groups in total. The Morgan fingerprint density at radius 1 is 1.12 bits per heavy atom. The number of rotatable bonds is 1. The van der Waals surface area contributed by atoms with E-state index in [0.717, 1.165) is 16.7 Å². The van der Waals surface area contributed by atoms with Crippen LogP contribution in [0.5, 0.6) is 0 Å². The second kappa shape index (κ2) is 3.66. The summed E-state index contributed by atoms with van der Waals surface area (Å²) in [4.78, 5) is 4.43. The number of hydrogen-bond acceptors (Lipinski definition) is 2. The summed E-state index contributed by atoms with van der Waals surface area (Å²) >= 11 is 0. The van der Waals surface area contributed by atoms with Crippen molar-refractivity contribution in [2.24, 2.45) is 0 Å².